The number of amides is 1. The van der Waals surface area contributed by atoms with Crippen LogP contribution < -0.4 is 16.4 Å². The van der Waals surface area contributed by atoms with Crippen molar-refractivity contribution in [3.63, 3.8) is 0 Å². The van der Waals surface area contributed by atoms with Gasteiger partial charge in [0.25, 0.3) is 0 Å². The highest BCUT2D eigenvalue weighted by atomic mass is 19.1. The van der Waals surface area contributed by atoms with Crippen molar-refractivity contribution in [2.75, 3.05) is 24.6 Å². The van der Waals surface area contributed by atoms with E-state index >= 15 is 0 Å². The molecule has 82 valence electrons. The van der Waals surface area contributed by atoms with Crippen LogP contribution in [0.5, 0.6) is 0 Å². The van der Waals surface area contributed by atoms with Crippen molar-refractivity contribution in [3.05, 3.63) is 24.0 Å². The van der Waals surface area contributed by atoms with E-state index in [4.69, 9.17) is 5.73 Å². The van der Waals surface area contributed by atoms with Crippen LogP contribution in [-0.2, 0) is 4.79 Å². The van der Waals surface area contributed by atoms with E-state index < -0.39 is 5.82 Å². The summed E-state index contributed by atoms with van der Waals surface area (Å²) in [6, 6.07) is 4.19. The molecular formula is C10H14FN3O. The van der Waals surface area contributed by atoms with Crippen molar-refractivity contribution in [3.8, 4) is 0 Å². The highest BCUT2D eigenvalue weighted by Gasteiger charge is 2.00. The van der Waals surface area contributed by atoms with Crippen LogP contribution in [0.1, 0.15) is 6.42 Å². The van der Waals surface area contributed by atoms with Crippen molar-refractivity contribution in [1.29, 1.82) is 0 Å². The van der Waals surface area contributed by atoms with Crippen LogP contribution in [0.25, 0.3) is 0 Å². The monoisotopic (exact) mass is 211 g/mol. The average Bonchev–Trinajstić information content (AvgIpc) is 2.16. The summed E-state index contributed by atoms with van der Waals surface area (Å²) in [4.78, 5) is 10.9. The molecule has 1 aromatic rings. The fraction of sp³-hybridized carbons (Fsp3) is 0.300. The second-order valence-electron chi connectivity index (χ2n) is 3.12. The summed E-state index contributed by atoms with van der Waals surface area (Å²) in [7, 11) is 1.57. The second-order valence-corrected chi connectivity index (χ2v) is 3.12. The van der Waals surface area contributed by atoms with E-state index in [1.54, 1.807) is 13.1 Å². The van der Waals surface area contributed by atoms with Gasteiger partial charge in [-0.3, -0.25) is 4.79 Å². The zero-order valence-corrected chi connectivity index (χ0v) is 8.51. The summed E-state index contributed by atoms with van der Waals surface area (Å²) >= 11 is 0. The molecule has 0 radical (unpaired) electrons. The SMILES string of the molecule is CNC(=O)CCNc1cc(N)cc(F)c1. The summed E-state index contributed by atoms with van der Waals surface area (Å²) in [6.45, 7) is 0.447. The van der Waals surface area contributed by atoms with E-state index in [9.17, 15) is 9.18 Å². The lowest BCUT2D eigenvalue weighted by Gasteiger charge is -2.06. The van der Waals surface area contributed by atoms with E-state index in [2.05, 4.69) is 10.6 Å². The van der Waals surface area contributed by atoms with Crippen molar-refractivity contribution >= 4 is 17.3 Å². The lowest BCUT2D eigenvalue weighted by Crippen LogP contribution is -2.20. The number of anilines is 2. The van der Waals surface area contributed by atoms with Gasteiger partial charge in [-0.1, -0.05) is 0 Å². The topological polar surface area (TPSA) is 67.2 Å². The Hall–Kier alpha value is -1.78. The summed E-state index contributed by atoms with van der Waals surface area (Å²) < 4.78 is 12.9. The number of carbonyl (C=O) groups excluding carboxylic acids is 1. The Morgan fingerprint density at radius 2 is 2.20 bits per heavy atom. The summed E-state index contributed by atoms with van der Waals surface area (Å²) in [5, 5.41) is 5.41. The van der Waals surface area contributed by atoms with Crippen LogP contribution in [0, 0.1) is 5.82 Å². The highest BCUT2D eigenvalue weighted by molar-refractivity contribution is 5.76. The molecule has 0 fully saturated rings. The maximum absolute atomic E-state index is 12.9. The van der Waals surface area contributed by atoms with Gasteiger partial charge in [0.2, 0.25) is 5.91 Å². The van der Waals surface area contributed by atoms with Crippen molar-refractivity contribution in [1.82, 2.24) is 5.32 Å². The molecule has 0 aliphatic heterocycles. The first-order valence-corrected chi connectivity index (χ1v) is 4.62. The third kappa shape index (κ3) is 3.84. The Balaban J connectivity index is 2.47. The lowest BCUT2D eigenvalue weighted by molar-refractivity contribution is -0.120. The fourth-order valence-corrected chi connectivity index (χ4v) is 1.16. The van der Waals surface area contributed by atoms with Gasteiger partial charge in [-0.05, 0) is 18.2 Å². The first-order valence-electron chi connectivity index (χ1n) is 4.62. The van der Waals surface area contributed by atoms with Gasteiger partial charge in [0.1, 0.15) is 5.82 Å². The molecule has 4 N–H and O–H groups in total. The maximum Gasteiger partial charge on any atom is 0.221 e. The molecule has 1 amide bonds. The van der Waals surface area contributed by atoms with Crippen LogP contribution >= 0.6 is 0 Å². The zero-order valence-electron chi connectivity index (χ0n) is 8.51. The first kappa shape index (κ1) is 11.3. The largest absolute Gasteiger partial charge is 0.399 e. The number of hydrogen-bond donors (Lipinski definition) is 3. The number of nitrogens with two attached hydrogens (primary N) is 1. The number of halogens is 1. The first-order chi connectivity index (χ1) is 7.11. The van der Waals surface area contributed by atoms with Gasteiger partial charge in [0.05, 0.1) is 0 Å². The van der Waals surface area contributed by atoms with Crippen LogP contribution in [-0.4, -0.2) is 19.5 Å². The number of hydrogen-bond acceptors (Lipinski definition) is 3. The van der Waals surface area contributed by atoms with E-state index in [0.717, 1.165) is 0 Å². The molecule has 0 saturated heterocycles. The van der Waals surface area contributed by atoms with Gasteiger partial charge in [0.15, 0.2) is 0 Å². The van der Waals surface area contributed by atoms with Gasteiger partial charge < -0.3 is 16.4 Å². The number of rotatable bonds is 4. The predicted octanol–water partition coefficient (Wildman–Crippen LogP) is 0.956. The van der Waals surface area contributed by atoms with E-state index in [1.165, 1.54) is 12.1 Å². The lowest BCUT2D eigenvalue weighted by atomic mass is 10.2. The molecule has 0 aliphatic rings. The summed E-state index contributed by atoms with van der Waals surface area (Å²) in [5.41, 5.74) is 6.40. The standard InChI is InChI=1S/C10H14FN3O/c1-13-10(15)2-3-14-9-5-7(11)4-8(12)6-9/h4-6,14H,2-3,12H2,1H3,(H,13,15). The molecule has 5 heteroatoms. The molecule has 0 spiro atoms. The predicted molar refractivity (Wildman–Crippen MR) is 58.0 cm³/mol. The molecule has 1 rings (SSSR count). The molecule has 0 aliphatic carbocycles. The van der Waals surface area contributed by atoms with Crippen molar-refractivity contribution in [2.45, 2.75) is 6.42 Å². The molecule has 0 aromatic heterocycles. The Morgan fingerprint density at radius 3 is 2.80 bits per heavy atom. The fourth-order valence-electron chi connectivity index (χ4n) is 1.16. The third-order valence-electron chi connectivity index (χ3n) is 1.88. The smallest absolute Gasteiger partial charge is 0.221 e. The molecule has 0 heterocycles. The molecule has 0 atom stereocenters. The number of nitrogen functional groups attached to an aromatic ring is 1. The quantitative estimate of drug-likeness (QED) is 0.650. The Morgan fingerprint density at radius 1 is 1.47 bits per heavy atom. The normalized spacial score (nSPS) is 9.73. The number of carbonyl (C=O) groups is 1. The minimum atomic E-state index is -0.391. The molecule has 0 saturated carbocycles. The molecule has 15 heavy (non-hydrogen) atoms. The Kier molecular flexibility index (Phi) is 3.91. The maximum atomic E-state index is 12.9. The number of benzene rings is 1. The third-order valence-corrected chi connectivity index (χ3v) is 1.88. The minimum Gasteiger partial charge on any atom is -0.399 e. The molecule has 0 unspecified atom stereocenters. The Bertz CT molecular complexity index is 334. The summed E-state index contributed by atoms with van der Waals surface area (Å²) in [5.74, 6) is -0.454. The molecular weight excluding hydrogens is 197 g/mol. The van der Waals surface area contributed by atoms with Crippen molar-refractivity contribution < 1.29 is 9.18 Å². The average molecular weight is 211 g/mol. The van der Waals surface area contributed by atoms with Gasteiger partial charge in [0, 0.05) is 31.4 Å². The second kappa shape index (κ2) is 5.19. The van der Waals surface area contributed by atoms with Gasteiger partial charge >= 0.3 is 0 Å². The van der Waals surface area contributed by atoms with Crippen LogP contribution in [0.3, 0.4) is 0 Å². The van der Waals surface area contributed by atoms with Crippen LogP contribution in [0.15, 0.2) is 18.2 Å². The van der Waals surface area contributed by atoms with E-state index in [-0.39, 0.29) is 5.91 Å². The number of nitrogens with one attached hydrogen (secondary N) is 2. The molecule has 0 bridgehead atoms. The Labute approximate surface area is 87.7 Å². The summed E-state index contributed by atoms with van der Waals surface area (Å²) in [6.07, 6.45) is 0.340. The highest BCUT2D eigenvalue weighted by Crippen LogP contribution is 2.15. The van der Waals surface area contributed by atoms with Crippen LogP contribution in [0.2, 0.25) is 0 Å². The van der Waals surface area contributed by atoms with E-state index in [1.807, 2.05) is 0 Å². The van der Waals surface area contributed by atoms with Crippen molar-refractivity contribution in [2.24, 2.45) is 0 Å². The minimum absolute atomic E-state index is 0.0631. The van der Waals surface area contributed by atoms with Gasteiger partial charge in [-0.15, -0.1) is 0 Å². The van der Waals surface area contributed by atoms with Crippen LogP contribution in [0.4, 0.5) is 15.8 Å². The molecule has 1 aromatic carbocycles. The van der Waals surface area contributed by atoms with E-state index in [0.29, 0.717) is 24.3 Å². The molecule has 4 nitrogen and oxygen atoms in total. The zero-order chi connectivity index (χ0) is 11.3. The van der Waals surface area contributed by atoms with Gasteiger partial charge in [-0.2, -0.15) is 0 Å². The van der Waals surface area contributed by atoms with Gasteiger partial charge in [-0.25, -0.2) is 4.39 Å².